The Balaban J connectivity index is 1.70. The summed E-state index contributed by atoms with van der Waals surface area (Å²) < 4.78 is 21.8. The number of carbonyl (C=O) groups is 4. The highest BCUT2D eigenvalue weighted by molar-refractivity contribution is 6.07. The molecule has 3 rings (SSSR count). The summed E-state index contributed by atoms with van der Waals surface area (Å²) in [6, 6.07) is 11.7. The van der Waals surface area contributed by atoms with Crippen LogP contribution < -0.4 is 20.1 Å². The van der Waals surface area contributed by atoms with Gasteiger partial charge in [0.1, 0.15) is 17.1 Å². The number of rotatable bonds is 13. The molecule has 0 aliphatic heterocycles. The van der Waals surface area contributed by atoms with Crippen LogP contribution in [-0.4, -0.2) is 73.8 Å². The van der Waals surface area contributed by atoms with Gasteiger partial charge in [-0.05, 0) is 77.3 Å². The zero-order valence-electron chi connectivity index (χ0n) is 26.4. The molecule has 1 aliphatic rings. The molecular formula is C33H45N3O8. The van der Waals surface area contributed by atoms with Crippen LogP contribution in [0.2, 0.25) is 0 Å². The number of para-hydroxylation sites is 1. The van der Waals surface area contributed by atoms with Gasteiger partial charge in [-0.3, -0.25) is 9.59 Å². The Morgan fingerprint density at radius 2 is 1.68 bits per heavy atom. The molecule has 1 fully saturated rings. The van der Waals surface area contributed by atoms with Crippen molar-refractivity contribution in [2.24, 2.45) is 0 Å². The lowest BCUT2D eigenvalue weighted by molar-refractivity contribution is -0.145. The minimum atomic E-state index is -0.586. The Bertz CT molecular complexity index is 1280. The number of ether oxygens (including phenoxy) is 4. The number of benzene rings is 2. The van der Waals surface area contributed by atoms with Crippen LogP contribution in [0.4, 0.5) is 10.5 Å². The van der Waals surface area contributed by atoms with Gasteiger partial charge in [-0.25, -0.2) is 9.59 Å². The topological polar surface area (TPSA) is 132 Å². The molecule has 11 heteroatoms. The van der Waals surface area contributed by atoms with Gasteiger partial charge in [0.2, 0.25) is 0 Å². The van der Waals surface area contributed by atoms with E-state index < -0.39 is 23.6 Å². The molecule has 0 heterocycles. The van der Waals surface area contributed by atoms with E-state index in [4.69, 9.17) is 18.9 Å². The number of esters is 1. The Hall–Kier alpha value is -4.28. The lowest BCUT2D eigenvalue weighted by Crippen LogP contribution is -2.38. The Labute approximate surface area is 259 Å². The lowest BCUT2D eigenvalue weighted by Gasteiger charge is -2.31. The summed E-state index contributed by atoms with van der Waals surface area (Å²) in [5.74, 6) is -0.665. The average Bonchev–Trinajstić information content (AvgIpc) is 2.99. The van der Waals surface area contributed by atoms with Crippen molar-refractivity contribution in [1.29, 1.82) is 0 Å². The second kappa shape index (κ2) is 16.5. The third-order valence-corrected chi connectivity index (χ3v) is 6.95. The Kier molecular flexibility index (Phi) is 12.9. The molecule has 44 heavy (non-hydrogen) atoms. The van der Waals surface area contributed by atoms with E-state index in [0.717, 1.165) is 25.7 Å². The summed E-state index contributed by atoms with van der Waals surface area (Å²) in [5.41, 5.74) is 0.366. The highest BCUT2D eigenvalue weighted by atomic mass is 16.6. The Morgan fingerprint density at radius 1 is 0.955 bits per heavy atom. The van der Waals surface area contributed by atoms with Gasteiger partial charge < -0.3 is 34.5 Å². The summed E-state index contributed by atoms with van der Waals surface area (Å²) >= 11 is 0. The first kappa shape index (κ1) is 34.2. The van der Waals surface area contributed by atoms with Gasteiger partial charge in [0.05, 0.1) is 24.5 Å². The maximum absolute atomic E-state index is 13.4. The van der Waals surface area contributed by atoms with E-state index in [1.807, 2.05) is 0 Å². The SMILES string of the molecule is CCOC(=O)COc1cc(C(=O)N(C)C2CCCCC2)ccc1NC(=O)c1ccccc1OCCCNC(=O)OC(C)(C)C. The van der Waals surface area contributed by atoms with E-state index in [-0.39, 0.29) is 48.8 Å². The molecule has 2 N–H and O–H groups in total. The summed E-state index contributed by atoms with van der Waals surface area (Å²) in [4.78, 5) is 52.3. The molecule has 11 nitrogen and oxygen atoms in total. The zero-order valence-corrected chi connectivity index (χ0v) is 26.4. The van der Waals surface area contributed by atoms with Gasteiger partial charge in [0.25, 0.3) is 11.8 Å². The molecule has 0 radical (unpaired) electrons. The molecule has 2 aromatic carbocycles. The van der Waals surface area contributed by atoms with Crippen molar-refractivity contribution in [1.82, 2.24) is 10.2 Å². The molecule has 240 valence electrons. The molecule has 0 saturated heterocycles. The van der Waals surface area contributed by atoms with Crippen molar-refractivity contribution in [3.63, 3.8) is 0 Å². The number of nitrogens with one attached hydrogen (secondary N) is 2. The van der Waals surface area contributed by atoms with Crippen LogP contribution in [0.3, 0.4) is 0 Å². The highest BCUT2D eigenvalue weighted by Crippen LogP contribution is 2.30. The van der Waals surface area contributed by atoms with Gasteiger partial charge in [0.15, 0.2) is 6.61 Å². The predicted molar refractivity (Wildman–Crippen MR) is 166 cm³/mol. The average molecular weight is 612 g/mol. The van der Waals surface area contributed by atoms with Crippen molar-refractivity contribution in [3.8, 4) is 11.5 Å². The van der Waals surface area contributed by atoms with Gasteiger partial charge in [-0.1, -0.05) is 31.4 Å². The standard InChI is InChI=1S/C33H45N3O8/c1-6-41-29(37)22-43-28-21-23(31(39)36(5)24-13-8-7-9-14-24)17-18-26(28)35-30(38)25-15-10-11-16-27(25)42-20-12-19-34-32(40)44-33(2,3)4/h10-11,15-18,21,24H,6-9,12-14,19-20,22H2,1-5H3,(H,34,40)(H,35,38). The zero-order chi connectivity index (χ0) is 32.1. The maximum Gasteiger partial charge on any atom is 0.407 e. The number of nitrogens with zero attached hydrogens (tertiary/aromatic N) is 1. The van der Waals surface area contributed by atoms with Crippen LogP contribution in [0.15, 0.2) is 42.5 Å². The van der Waals surface area contributed by atoms with E-state index in [9.17, 15) is 19.2 Å². The number of hydrogen-bond acceptors (Lipinski definition) is 8. The highest BCUT2D eigenvalue weighted by Gasteiger charge is 2.24. The van der Waals surface area contributed by atoms with Crippen molar-refractivity contribution < 1.29 is 38.1 Å². The van der Waals surface area contributed by atoms with Crippen molar-refractivity contribution in [3.05, 3.63) is 53.6 Å². The molecule has 2 aromatic rings. The molecule has 1 saturated carbocycles. The molecule has 0 bridgehead atoms. The van der Waals surface area contributed by atoms with Gasteiger partial charge in [-0.2, -0.15) is 0 Å². The first-order valence-electron chi connectivity index (χ1n) is 15.2. The number of carbonyl (C=O) groups excluding carboxylic acids is 4. The smallest absolute Gasteiger partial charge is 0.407 e. The number of alkyl carbamates (subject to hydrolysis) is 1. The number of hydrogen-bond donors (Lipinski definition) is 2. The first-order chi connectivity index (χ1) is 21.0. The van der Waals surface area contributed by atoms with Gasteiger partial charge in [0, 0.05) is 25.2 Å². The van der Waals surface area contributed by atoms with E-state index >= 15 is 0 Å². The second-order valence-electron chi connectivity index (χ2n) is 11.6. The summed E-state index contributed by atoms with van der Waals surface area (Å²) in [7, 11) is 1.80. The van der Waals surface area contributed by atoms with Crippen LogP contribution in [-0.2, 0) is 14.3 Å². The van der Waals surface area contributed by atoms with Gasteiger partial charge in [-0.15, -0.1) is 0 Å². The molecule has 0 spiro atoms. The summed E-state index contributed by atoms with van der Waals surface area (Å²) in [5, 5.41) is 5.50. The fourth-order valence-electron chi connectivity index (χ4n) is 4.78. The third kappa shape index (κ3) is 10.8. The minimum Gasteiger partial charge on any atom is -0.493 e. The van der Waals surface area contributed by atoms with Crippen molar-refractivity contribution in [2.45, 2.75) is 77.9 Å². The largest absolute Gasteiger partial charge is 0.493 e. The molecular weight excluding hydrogens is 566 g/mol. The molecule has 0 atom stereocenters. The fraction of sp³-hybridized carbons (Fsp3) is 0.515. The van der Waals surface area contributed by atoms with E-state index in [1.165, 1.54) is 12.5 Å². The van der Waals surface area contributed by atoms with Crippen LogP contribution in [0, 0.1) is 0 Å². The molecule has 3 amide bonds. The monoisotopic (exact) mass is 611 g/mol. The second-order valence-corrected chi connectivity index (χ2v) is 11.6. The van der Waals surface area contributed by atoms with Crippen LogP contribution in [0.25, 0.3) is 0 Å². The normalized spacial score (nSPS) is 13.4. The molecule has 0 unspecified atom stereocenters. The van der Waals surface area contributed by atoms with Crippen LogP contribution in [0.1, 0.15) is 86.9 Å². The van der Waals surface area contributed by atoms with Crippen molar-refractivity contribution >= 4 is 29.6 Å². The van der Waals surface area contributed by atoms with E-state index in [2.05, 4.69) is 10.6 Å². The quantitative estimate of drug-likeness (QED) is 0.222. The molecule has 1 aliphatic carbocycles. The first-order valence-corrected chi connectivity index (χ1v) is 15.2. The van der Waals surface area contributed by atoms with Crippen molar-refractivity contribution in [2.75, 3.05) is 38.7 Å². The summed E-state index contributed by atoms with van der Waals surface area (Å²) in [6.45, 7) is 7.47. The molecule has 0 aromatic heterocycles. The third-order valence-electron chi connectivity index (χ3n) is 6.95. The lowest BCUT2D eigenvalue weighted by atomic mass is 9.94. The predicted octanol–water partition coefficient (Wildman–Crippen LogP) is 5.58. The fourth-order valence-corrected chi connectivity index (χ4v) is 4.78. The van der Waals surface area contributed by atoms with Gasteiger partial charge >= 0.3 is 12.1 Å². The van der Waals surface area contributed by atoms with Crippen LogP contribution >= 0.6 is 0 Å². The van der Waals surface area contributed by atoms with Crippen LogP contribution in [0.5, 0.6) is 11.5 Å². The summed E-state index contributed by atoms with van der Waals surface area (Å²) in [6.07, 6.45) is 5.27. The minimum absolute atomic E-state index is 0.157. The van der Waals surface area contributed by atoms with E-state index in [0.29, 0.717) is 24.3 Å². The Morgan fingerprint density at radius 3 is 2.39 bits per heavy atom. The number of anilines is 1. The number of amides is 3. The maximum atomic E-state index is 13.4. The van der Waals surface area contributed by atoms with E-state index in [1.54, 1.807) is 76.0 Å².